The van der Waals surface area contributed by atoms with Crippen molar-refractivity contribution < 1.29 is 27.5 Å². The molecule has 2 rings (SSSR count). The van der Waals surface area contributed by atoms with E-state index in [2.05, 4.69) is 5.10 Å². The van der Waals surface area contributed by atoms with Gasteiger partial charge in [0.15, 0.2) is 5.69 Å². The maximum atomic E-state index is 13.5. The number of aromatic nitrogens is 2. The number of halogens is 4. The minimum absolute atomic E-state index is 0.235. The van der Waals surface area contributed by atoms with Gasteiger partial charge in [0, 0.05) is 6.07 Å². The second-order valence-electron chi connectivity index (χ2n) is 3.58. The smallest absolute Gasteiger partial charge is 0.433 e. The molecule has 0 radical (unpaired) electrons. The minimum atomic E-state index is -4.84. The molecule has 0 fully saturated rings. The van der Waals surface area contributed by atoms with E-state index in [0.29, 0.717) is 6.07 Å². The SMILES string of the molecule is O=C(O)c1cc(C(F)(F)F)n(-c2ccccc2F)n1. The molecule has 0 spiro atoms. The average molecular weight is 274 g/mol. The topological polar surface area (TPSA) is 55.1 Å². The predicted molar refractivity (Wildman–Crippen MR) is 55.5 cm³/mol. The molecule has 0 aliphatic heterocycles. The summed E-state index contributed by atoms with van der Waals surface area (Å²) in [6, 6.07) is 5.00. The summed E-state index contributed by atoms with van der Waals surface area (Å²) >= 11 is 0. The molecule has 0 atom stereocenters. The summed E-state index contributed by atoms with van der Waals surface area (Å²) < 4.78 is 52.0. The summed E-state index contributed by atoms with van der Waals surface area (Å²) in [5.74, 6) is -2.56. The molecule has 0 aliphatic carbocycles. The molecule has 0 aliphatic rings. The fourth-order valence-corrected chi connectivity index (χ4v) is 1.49. The monoisotopic (exact) mass is 274 g/mol. The zero-order valence-corrected chi connectivity index (χ0v) is 9.15. The molecule has 0 amide bonds. The number of carbonyl (C=O) groups is 1. The van der Waals surface area contributed by atoms with Crippen LogP contribution < -0.4 is 0 Å². The van der Waals surface area contributed by atoms with E-state index in [9.17, 15) is 22.4 Å². The molecule has 1 aromatic carbocycles. The lowest BCUT2D eigenvalue weighted by Crippen LogP contribution is -2.14. The summed E-state index contributed by atoms with van der Waals surface area (Å²) in [6.07, 6.45) is -4.84. The third-order valence-corrected chi connectivity index (χ3v) is 2.30. The van der Waals surface area contributed by atoms with Gasteiger partial charge in [-0.3, -0.25) is 0 Å². The van der Waals surface area contributed by atoms with Crippen molar-refractivity contribution >= 4 is 5.97 Å². The summed E-state index contributed by atoms with van der Waals surface area (Å²) in [7, 11) is 0. The van der Waals surface area contributed by atoms with Crippen LogP contribution in [-0.4, -0.2) is 20.9 Å². The average Bonchev–Trinajstić information content (AvgIpc) is 2.74. The highest BCUT2D eigenvalue weighted by atomic mass is 19.4. The van der Waals surface area contributed by atoms with E-state index in [1.807, 2.05) is 0 Å². The van der Waals surface area contributed by atoms with Crippen molar-refractivity contribution in [2.45, 2.75) is 6.18 Å². The van der Waals surface area contributed by atoms with Crippen molar-refractivity contribution in [3.8, 4) is 5.69 Å². The Hall–Kier alpha value is -2.38. The van der Waals surface area contributed by atoms with Crippen molar-refractivity contribution in [1.82, 2.24) is 9.78 Å². The van der Waals surface area contributed by atoms with Gasteiger partial charge in [0.2, 0.25) is 0 Å². The second-order valence-corrected chi connectivity index (χ2v) is 3.58. The number of nitrogens with zero attached hydrogens (tertiary/aromatic N) is 2. The predicted octanol–water partition coefficient (Wildman–Crippen LogP) is 2.73. The van der Waals surface area contributed by atoms with E-state index >= 15 is 0 Å². The molecule has 4 nitrogen and oxygen atoms in total. The van der Waals surface area contributed by atoms with E-state index in [4.69, 9.17) is 5.11 Å². The Morgan fingerprint density at radius 1 is 1.26 bits per heavy atom. The van der Waals surface area contributed by atoms with Crippen LogP contribution in [0.5, 0.6) is 0 Å². The first-order valence-corrected chi connectivity index (χ1v) is 4.96. The third kappa shape index (κ3) is 2.42. The number of aromatic carboxylic acids is 1. The van der Waals surface area contributed by atoms with E-state index in [1.54, 1.807) is 0 Å². The first kappa shape index (κ1) is 13.1. The van der Waals surface area contributed by atoms with Gasteiger partial charge in [0.05, 0.1) is 0 Å². The van der Waals surface area contributed by atoms with Crippen LogP contribution in [0.15, 0.2) is 30.3 Å². The Labute approximate surface area is 103 Å². The van der Waals surface area contributed by atoms with Crippen molar-refractivity contribution in [2.75, 3.05) is 0 Å². The van der Waals surface area contributed by atoms with Crippen LogP contribution >= 0.6 is 0 Å². The Morgan fingerprint density at radius 2 is 1.89 bits per heavy atom. The number of alkyl halides is 3. The van der Waals surface area contributed by atoms with E-state index in [0.717, 1.165) is 12.1 Å². The summed E-state index contributed by atoms with van der Waals surface area (Å²) in [5.41, 5.74) is -2.63. The standard InChI is InChI=1S/C11H6F4N2O2/c12-6-3-1-2-4-8(6)17-9(11(13,14)15)5-7(16-17)10(18)19/h1-5H,(H,18,19). The molecule has 1 aromatic heterocycles. The van der Waals surface area contributed by atoms with Crippen molar-refractivity contribution in [2.24, 2.45) is 0 Å². The number of hydrogen-bond acceptors (Lipinski definition) is 2. The van der Waals surface area contributed by atoms with Gasteiger partial charge in [-0.1, -0.05) is 12.1 Å². The van der Waals surface area contributed by atoms with Crippen LogP contribution in [0, 0.1) is 5.82 Å². The first-order chi connectivity index (χ1) is 8.80. The number of hydrogen-bond donors (Lipinski definition) is 1. The van der Waals surface area contributed by atoms with Gasteiger partial charge in [-0.2, -0.15) is 18.3 Å². The zero-order chi connectivity index (χ0) is 14.2. The molecule has 2 aromatic rings. The van der Waals surface area contributed by atoms with Crippen molar-refractivity contribution in [1.29, 1.82) is 0 Å². The van der Waals surface area contributed by atoms with Crippen LogP contribution in [0.1, 0.15) is 16.2 Å². The van der Waals surface area contributed by atoms with Gasteiger partial charge in [0.1, 0.15) is 17.2 Å². The lowest BCUT2D eigenvalue weighted by molar-refractivity contribution is -0.142. The quantitative estimate of drug-likeness (QED) is 0.857. The molecule has 0 saturated heterocycles. The van der Waals surface area contributed by atoms with Crippen LogP contribution in [0.4, 0.5) is 17.6 Å². The number of benzene rings is 1. The molecule has 19 heavy (non-hydrogen) atoms. The van der Waals surface area contributed by atoms with Crippen molar-refractivity contribution in [3.05, 3.63) is 47.5 Å². The number of rotatable bonds is 2. The summed E-state index contributed by atoms with van der Waals surface area (Å²) in [6.45, 7) is 0. The highest BCUT2D eigenvalue weighted by molar-refractivity contribution is 5.85. The largest absolute Gasteiger partial charge is 0.476 e. The highest BCUT2D eigenvalue weighted by Gasteiger charge is 2.37. The fourth-order valence-electron chi connectivity index (χ4n) is 1.49. The van der Waals surface area contributed by atoms with Crippen LogP contribution in [-0.2, 0) is 6.18 Å². The van der Waals surface area contributed by atoms with Crippen molar-refractivity contribution in [3.63, 3.8) is 0 Å². The van der Waals surface area contributed by atoms with Crippen LogP contribution in [0.3, 0.4) is 0 Å². The molecule has 0 unspecified atom stereocenters. The zero-order valence-electron chi connectivity index (χ0n) is 9.15. The second kappa shape index (κ2) is 4.38. The van der Waals surface area contributed by atoms with E-state index in [-0.39, 0.29) is 4.68 Å². The Balaban J connectivity index is 2.69. The summed E-state index contributed by atoms with van der Waals surface area (Å²) in [5, 5.41) is 11.9. The third-order valence-electron chi connectivity index (χ3n) is 2.30. The molecule has 100 valence electrons. The van der Waals surface area contributed by atoms with Crippen LogP contribution in [0.2, 0.25) is 0 Å². The molecule has 0 saturated carbocycles. The molecule has 1 heterocycles. The fraction of sp³-hybridized carbons (Fsp3) is 0.0909. The Morgan fingerprint density at radius 3 is 2.42 bits per heavy atom. The number of carboxylic acid groups (broad SMARTS) is 1. The number of carboxylic acids is 1. The van der Waals surface area contributed by atoms with Gasteiger partial charge >= 0.3 is 12.1 Å². The van der Waals surface area contributed by atoms with Gasteiger partial charge in [-0.15, -0.1) is 0 Å². The molecular formula is C11H6F4N2O2. The molecule has 8 heteroatoms. The first-order valence-electron chi connectivity index (χ1n) is 4.96. The normalized spacial score (nSPS) is 11.6. The van der Waals surface area contributed by atoms with Gasteiger partial charge in [-0.05, 0) is 12.1 Å². The lowest BCUT2D eigenvalue weighted by atomic mass is 10.3. The van der Waals surface area contributed by atoms with Gasteiger partial charge in [-0.25, -0.2) is 13.9 Å². The Bertz CT molecular complexity index is 634. The van der Waals surface area contributed by atoms with Gasteiger partial charge in [0.25, 0.3) is 0 Å². The van der Waals surface area contributed by atoms with E-state index < -0.39 is 35.0 Å². The molecule has 1 N–H and O–H groups in total. The lowest BCUT2D eigenvalue weighted by Gasteiger charge is -2.10. The Kier molecular flexibility index (Phi) is 3.01. The van der Waals surface area contributed by atoms with Crippen LogP contribution in [0.25, 0.3) is 5.69 Å². The highest BCUT2D eigenvalue weighted by Crippen LogP contribution is 2.32. The summed E-state index contributed by atoms with van der Waals surface area (Å²) in [4.78, 5) is 10.7. The molecular weight excluding hydrogens is 268 g/mol. The maximum absolute atomic E-state index is 13.5. The minimum Gasteiger partial charge on any atom is -0.476 e. The number of para-hydroxylation sites is 1. The molecule has 0 bridgehead atoms. The maximum Gasteiger partial charge on any atom is 0.433 e. The van der Waals surface area contributed by atoms with E-state index in [1.165, 1.54) is 12.1 Å². The van der Waals surface area contributed by atoms with Gasteiger partial charge < -0.3 is 5.11 Å².